The second kappa shape index (κ2) is 6.36. The molecule has 0 spiro atoms. The average Bonchev–Trinajstić information content (AvgIpc) is 2.45. The normalized spacial score (nSPS) is 10.2. The third-order valence-electron chi connectivity index (χ3n) is 2.68. The molecule has 0 heterocycles. The maximum absolute atomic E-state index is 11.8. The Kier molecular flexibility index (Phi) is 4.55. The number of rotatable bonds is 4. The molecule has 98 valence electrons. The molecule has 4 heteroatoms. The average molecular weight is 276 g/mol. The molecule has 19 heavy (non-hydrogen) atoms. The minimum atomic E-state index is -0.358. The van der Waals surface area contributed by atoms with Gasteiger partial charge in [0.15, 0.2) is 0 Å². The fourth-order valence-corrected chi connectivity index (χ4v) is 1.85. The van der Waals surface area contributed by atoms with Gasteiger partial charge in [0.2, 0.25) is 0 Å². The Morgan fingerprint density at radius 3 is 2.47 bits per heavy atom. The van der Waals surface area contributed by atoms with Gasteiger partial charge in [-0.05, 0) is 35.4 Å². The number of hydrogen-bond donors (Lipinski definition) is 1. The van der Waals surface area contributed by atoms with E-state index < -0.39 is 0 Å². The summed E-state index contributed by atoms with van der Waals surface area (Å²) in [7, 11) is 0. The first-order valence-electron chi connectivity index (χ1n) is 5.89. The Morgan fingerprint density at radius 1 is 1.11 bits per heavy atom. The van der Waals surface area contributed by atoms with E-state index in [0.717, 1.165) is 11.1 Å². The van der Waals surface area contributed by atoms with Crippen LogP contribution in [0.3, 0.4) is 0 Å². The first-order valence-corrected chi connectivity index (χ1v) is 6.27. The molecule has 0 bridgehead atoms. The van der Waals surface area contributed by atoms with Crippen LogP contribution in [0.25, 0.3) is 0 Å². The van der Waals surface area contributed by atoms with Crippen molar-refractivity contribution in [3.8, 4) is 0 Å². The molecular formula is C15H14ClNO2. The molecule has 2 N–H and O–H groups in total. The van der Waals surface area contributed by atoms with Crippen LogP contribution in [0.2, 0.25) is 5.02 Å². The lowest BCUT2D eigenvalue weighted by Crippen LogP contribution is -2.05. The zero-order valence-corrected chi connectivity index (χ0v) is 11.1. The van der Waals surface area contributed by atoms with E-state index in [1.54, 1.807) is 24.3 Å². The predicted octanol–water partition coefficient (Wildman–Crippen LogP) is 3.16. The van der Waals surface area contributed by atoms with Crippen LogP contribution in [-0.4, -0.2) is 5.97 Å². The molecule has 0 aliphatic carbocycles. The number of carbonyl (C=O) groups excluding carboxylic acids is 1. The van der Waals surface area contributed by atoms with Gasteiger partial charge < -0.3 is 10.5 Å². The van der Waals surface area contributed by atoms with Crippen molar-refractivity contribution in [2.75, 3.05) is 0 Å². The summed E-state index contributed by atoms with van der Waals surface area (Å²) in [5.74, 6) is -0.358. The molecule has 0 radical (unpaired) electrons. The molecule has 3 nitrogen and oxygen atoms in total. The smallest absolute Gasteiger partial charge is 0.338 e. The predicted molar refractivity (Wildman–Crippen MR) is 74.9 cm³/mol. The molecule has 0 aromatic heterocycles. The standard InChI is InChI=1S/C15H14ClNO2/c16-14-3-1-2-12(8-14)10-19-15(18)13-6-4-11(9-17)5-7-13/h1-8H,9-10,17H2. The van der Waals surface area contributed by atoms with Crippen molar-refractivity contribution in [3.05, 3.63) is 70.2 Å². The Labute approximate surface area is 117 Å². The summed E-state index contributed by atoms with van der Waals surface area (Å²) in [6.45, 7) is 0.663. The second-order valence-electron chi connectivity index (χ2n) is 4.11. The molecule has 0 atom stereocenters. The molecule has 0 saturated heterocycles. The Balaban J connectivity index is 1.97. The number of benzene rings is 2. The molecule has 0 aliphatic rings. The van der Waals surface area contributed by atoms with Gasteiger partial charge in [-0.1, -0.05) is 35.9 Å². The molecule has 0 saturated carbocycles. The minimum absolute atomic E-state index is 0.206. The second-order valence-corrected chi connectivity index (χ2v) is 4.54. The van der Waals surface area contributed by atoms with E-state index in [9.17, 15) is 4.79 Å². The van der Waals surface area contributed by atoms with Crippen LogP contribution in [0.5, 0.6) is 0 Å². The topological polar surface area (TPSA) is 52.3 Å². The van der Waals surface area contributed by atoms with Gasteiger partial charge in [0, 0.05) is 11.6 Å². The van der Waals surface area contributed by atoms with Crippen molar-refractivity contribution < 1.29 is 9.53 Å². The maximum atomic E-state index is 11.8. The van der Waals surface area contributed by atoms with Crippen molar-refractivity contribution in [1.82, 2.24) is 0 Å². The number of ether oxygens (including phenoxy) is 1. The molecule has 2 rings (SSSR count). The van der Waals surface area contributed by atoms with Gasteiger partial charge in [0.1, 0.15) is 6.61 Å². The molecule has 2 aromatic rings. The molecular weight excluding hydrogens is 262 g/mol. The Hall–Kier alpha value is -1.84. The van der Waals surface area contributed by atoms with Crippen LogP contribution in [0.1, 0.15) is 21.5 Å². The molecule has 0 fully saturated rings. The van der Waals surface area contributed by atoms with E-state index in [1.807, 2.05) is 24.3 Å². The quantitative estimate of drug-likeness (QED) is 0.872. The summed E-state index contributed by atoms with van der Waals surface area (Å²) >= 11 is 5.86. The Bertz CT molecular complexity index is 567. The van der Waals surface area contributed by atoms with Gasteiger partial charge in [-0.15, -0.1) is 0 Å². The SMILES string of the molecule is NCc1ccc(C(=O)OCc2cccc(Cl)c2)cc1. The van der Waals surface area contributed by atoms with Gasteiger partial charge in [-0.2, -0.15) is 0 Å². The van der Waals surface area contributed by atoms with Crippen molar-refractivity contribution in [2.45, 2.75) is 13.2 Å². The van der Waals surface area contributed by atoms with Gasteiger partial charge in [0.05, 0.1) is 5.56 Å². The van der Waals surface area contributed by atoms with Gasteiger partial charge >= 0.3 is 5.97 Å². The fraction of sp³-hybridized carbons (Fsp3) is 0.133. The molecule has 0 unspecified atom stereocenters. The fourth-order valence-electron chi connectivity index (χ4n) is 1.64. The van der Waals surface area contributed by atoms with Crippen LogP contribution in [0.4, 0.5) is 0 Å². The monoisotopic (exact) mass is 275 g/mol. The lowest BCUT2D eigenvalue weighted by molar-refractivity contribution is 0.0472. The summed E-state index contributed by atoms with van der Waals surface area (Å²) in [6, 6.07) is 14.3. The lowest BCUT2D eigenvalue weighted by atomic mass is 10.1. The third kappa shape index (κ3) is 3.81. The maximum Gasteiger partial charge on any atom is 0.338 e. The first kappa shape index (κ1) is 13.6. The zero-order valence-electron chi connectivity index (χ0n) is 10.3. The number of carbonyl (C=O) groups is 1. The number of nitrogens with two attached hydrogens (primary N) is 1. The Morgan fingerprint density at radius 2 is 1.84 bits per heavy atom. The van der Waals surface area contributed by atoms with E-state index in [0.29, 0.717) is 17.1 Å². The number of esters is 1. The number of hydrogen-bond acceptors (Lipinski definition) is 3. The number of halogens is 1. The molecule has 0 amide bonds. The summed E-state index contributed by atoms with van der Waals surface area (Å²) in [5.41, 5.74) is 7.85. The van der Waals surface area contributed by atoms with Crippen LogP contribution in [0.15, 0.2) is 48.5 Å². The van der Waals surface area contributed by atoms with E-state index in [4.69, 9.17) is 22.1 Å². The summed E-state index contributed by atoms with van der Waals surface area (Å²) in [4.78, 5) is 11.8. The van der Waals surface area contributed by atoms with E-state index in [2.05, 4.69) is 0 Å². The van der Waals surface area contributed by atoms with Crippen LogP contribution in [0, 0.1) is 0 Å². The molecule has 2 aromatic carbocycles. The van der Waals surface area contributed by atoms with Crippen LogP contribution >= 0.6 is 11.6 Å². The van der Waals surface area contributed by atoms with Crippen LogP contribution < -0.4 is 5.73 Å². The van der Waals surface area contributed by atoms with Gasteiger partial charge in [0.25, 0.3) is 0 Å². The highest BCUT2D eigenvalue weighted by atomic mass is 35.5. The van der Waals surface area contributed by atoms with Crippen molar-refractivity contribution in [1.29, 1.82) is 0 Å². The van der Waals surface area contributed by atoms with Crippen molar-refractivity contribution in [3.63, 3.8) is 0 Å². The van der Waals surface area contributed by atoms with E-state index >= 15 is 0 Å². The van der Waals surface area contributed by atoms with Crippen LogP contribution in [-0.2, 0) is 17.9 Å². The van der Waals surface area contributed by atoms with Gasteiger partial charge in [-0.3, -0.25) is 0 Å². The van der Waals surface area contributed by atoms with E-state index in [-0.39, 0.29) is 12.6 Å². The third-order valence-corrected chi connectivity index (χ3v) is 2.92. The van der Waals surface area contributed by atoms with Crippen molar-refractivity contribution in [2.24, 2.45) is 5.73 Å². The highest BCUT2D eigenvalue weighted by Crippen LogP contribution is 2.12. The minimum Gasteiger partial charge on any atom is -0.457 e. The highest BCUT2D eigenvalue weighted by molar-refractivity contribution is 6.30. The van der Waals surface area contributed by atoms with Gasteiger partial charge in [-0.25, -0.2) is 4.79 Å². The summed E-state index contributed by atoms with van der Waals surface area (Å²) in [5, 5.41) is 0.626. The molecule has 0 aliphatic heterocycles. The summed E-state index contributed by atoms with van der Waals surface area (Å²) in [6.07, 6.45) is 0. The lowest BCUT2D eigenvalue weighted by Gasteiger charge is -2.06. The summed E-state index contributed by atoms with van der Waals surface area (Å²) < 4.78 is 5.21. The van der Waals surface area contributed by atoms with Crippen molar-refractivity contribution >= 4 is 17.6 Å². The first-order chi connectivity index (χ1) is 9.19. The highest BCUT2D eigenvalue weighted by Gasteiger charge is 2.07. The zero-order chi connectivity index (χ0) is 13.7. The van der Waals surface area contributed by atoms with E-state index in [1.165, 1.54) is 0 Å². The largest absolute Gasteiger partial charge is 0.457 e.